The summed E-state index contributed by atoms with van der Waals surface area (Å²) >= 11 is 0. The van der Waals surface area contributed by atoms with Crippen LogP contribution < -0.4 is 0 Å². The number of rotatable bonds is 6. The van der Waals surface area contributed by atoms with Crippen LogP contribution in [0.15, 0.2) is 23.0 Å². The number of cyclic esters (lactones) is 1. The quantitative estimate of drug-likeness (QED) is 0.209. The van der Waals surface area contributed by atoms with Crippen LogP contribution in [-0.2, 0) is 38.1 Å². The molecule has 254 valence electrons. The van der Waals surface area contributed by atoms with Crippen LogP contribution in [0, 0.1) is 28.1 Å². The molecule has 14 heteroatoms. The third-order valence-corrected chi connectivity index (χ3v) is 12.6. The largest absolute Gasteiger partial charge is 0.479 e. The molecule has 5 heterocycles. The summed E-state index contributed by atoms with van der Waals surface area (Å²) in [7, 11) is 0. The van der Waals surface area contributed by atoms with Gasteiger partial charge in [0.1, 0.15) is 42.4 Å². The highest BCUT2D eigenvalue weighted by atomic mass is 16.7. The van der Waals surface area contributed by atoms with Crippen LogP contribution in [0.5, 0.6) is 0 Å². The molecule has 4 saturated heterocycles. The second kappa shape index (κ2) is 10.3. The monoisotopic (exact) mass is 650 g/mol. The smallest absolute Gasteiger partial charge is 0.335 e. The van der Waals surface area contributed by atoms with Crippen molar-refractivity contribution in [2.45, 2.75) is 114 Å². The third-order valence-electron chi connectivity index (χ3n) is 12.6. The predicted octanol–water partition coefficient (Wildman–Crippen LogP) is 0.482. The molecule has 7 rings (SSSR count). The number of fused-ring (bicyclic) bond motifs is 2. The molecule has 0 radical (unpaired) electrons. The molecular formula is C32H42O14. The van der Waals surface area contributed by atoms with E-state index in [0.717, 1.165) is 0 Å². The first-order valence-electron chi connectivity index (χ1n) is 15.9. The van der Waals surface area contributed by atoms with Gasteiger partial charge in [0.25, 0.3) is 0 Å². The maximum Gasteiger partial charge on any atom is 0.335 e. The molecule has 5 N–H and O–H groups in total. The summed E-state index contributed by atoms with van der Waals surface area (Å²) in [5, 5.41) is 52.1. The van der Waals surface area contributed by atoms with Gasteiger partial charge in [0.2, 0.25) is 0 Å². The summed E-state index contributed by atoms with van der Waals surface area (Å²) in [5.74, 6) is -2.60. The van der Waals surface area contributed by atoms with Gasteiger partial charge in [-0.25, -0.2) is 4.79 Å². The van der Waals surface area contributed by atoms with E-state index in [0.29, 0.717) is 12.0 Å². The van der Waals surface area contributed by atoms with Gasteiger partial charge >= 0.3 is 11.9 Å². The number of aliphatic hydroxyl groups is 4. The first-order chi connectivity index (χ1) is 21.6. The van der Waals surface area contributed by atoms with E-state index in [-0.39, 0.29) is 43.5 Å². The molecule has 2 spiro atoms. The van der Waals surface area contributed by atoms with E-state index in [1.807, 2.05) is 13.8 Å². The lowest BCUT2D eigenvalue weighted by Gasteiger charge is -2.64. The van der Waals surface area contributed by atoms with E-state index in [1.54, 1.807) is 19.9 Å². The summed E-state index contributed by atoms with van der Waals surface area (Å²) in [6.45, 7) is 6.73. The zero-order valence-electron chi connectivity index (χ0n) is 26.2. The highest BCUT2D eigenvalue weighted by Crippen LogP contribution is 2.78. The number of carbonyl (C=O) groups excluding carboxylic acids is 2. The van der Waals surface area contributed by atoms with E-state index in [2.05, 4.69) is 0 Å². The maximum absolute atomic E-state index is 14.7. The molecular weight excluding hydrogens is 608 g/mol. The molecule has 1 aromatic heterocycles. The summed E-state index contributed by atoms with van der Waals surface area (Å²) < 4.78 is 36.1. The molecule has 4 aliphatic heterocycles. The summed E-state index contributed by atoms with van der Waals surface area (Å²) in [6, 6.07) is 1.61. The average Bonchev–Trinajstić information content (AvgIpc) is 3.48. The van der Waals surface area contributed by atoms with E-state index in [9.17, 15) is 39.9 Å². The third kappa shape index (κ3) is 3.89. The van der Waals surface area contributed by atoms with Gasteiger partial charge in [0.05, 0.1) is 48.8 Å². The molecule has 6 fully saturated rings. The Morgan fingerprint density at radius 2 is 1.78 bits per heavy atom. The van der Waals surface area contributed by atoms with Gasteiger partial charge in [-0.15, -0.1) is 0 Å². The Balaban J connectivity index is 1.35. The Labute approximate surface area is 264 Å². The highest BCUT2D eigenvalue weighted by Gasteiger charge is 2.88. The number of carboxylic acid groups (broad SMARTS) is 1. The number of ether oxygens (including phenoxy) is 5. The zero-order chi connectivity index (χ0) is 33.2. The number of aliphatic carboxylic acids is 1. The molecule has 0 bridgehead atoms. The summed E-state index contributed by atoms with van der Waals surface area (Å²) in [4.78, 5) is 40.1. The Hall–Kier alpha value is -2.43. The number of epoxide rings is 1. The van der Waals surface area contributed by atoms with E-state index in [4.69, 9.17) is 28.1 Å². The van der Waals surface area contributed by atoms with Crippen LogP contribution in [0.25, 0.3) is 0 Å². The Bertz CT molecular complexity index is 1410. The lowest BCUT2D eigenvalue weighted by molar-refractivity contribution is -0.328. The summed E-state index contributed by atoms with van der Waals surface area (Å²) in [5.41, 5.74) is -5.40. The van der Waals surface area contributed by atoms with Gasteiger partial charge < -0.3 is 53.6 Å². The van der Waals surface area contributed by atoms with Crippen molar-refractivity contribution in [1.29, 1.82) is 0 Å². The van der Waals surface area contributed by atoms with Crippen LogP contribution in [0.1, 0.15) is 65.0 Å². The molecule has 0 aromatic carbocycles. The van der Waals surface area contributed by atoms with E-state index < -0.39 is 95.0 Å². The highest BCUT2D eigenvalue weighted by molar-refractivity contribution is 5.92. The SMILES string of the molecule is CC1(C)O[C@H]2CC(=O)OC[C@@]23C1CC(=O)[C@]1(C)C3CC[C@@](C)([C@@H](O[C@H]2O[C@@H](CO)[C@H](O)[C@@H](O)[C@@H]2O)c2ccoc2)[C@@]12O[C@@H]2C(=O)O. The van der Waals surface area contributed by atoms with Crippen molar-refractivity contribution in [2.75, 3.05) is 13.2 Å². The first kappa shape index (κ1) is 32.1. The van der Waals surface area contributed by atoms with Gasteiger partial charge in [-0.3, -0.25) is 9.59 Å². The van der Waals surface area contributed by atoms with Crippen molar-refractivity contribution < 1.29 is 68.0 Å². The number of Topliss-reactive ketones (excluding diaryl/α,β-unsaturated/α-hetero) is 1. The van der Waals surface area contributed by atoms with E-state index in [1.165, 1.54) is 12.5 Å². The number of esters is 1. The van der Waals surface area contributed by atoms with Gasteiger partial charge in [-0.2, -0.15) is 0 Å². The van der Waals surface area contributed by atoms with Gasteiger partial charge in [-0.1, -0.05) is 6.92 Å². The van der Waals surface area contributed by atoms with Gasteiger partial charge in [-0.05, 0) is 45.6 Å². The zero-order valence-corrected chi connectivity index (χ0v) is 26.2. The first-order valence-corrected chi connectivity index (χ1v) is 15.9. The molecule has 6 aliphatic rings. The Kier molecular flexibility index (Phi) is 7.19. The van der Waals surface area contributed by atoms with Gasteiger partial charge in [0.15, 0.2) is 12.4 Å². The fraction of sp³-hybridized carbons (Fsp3) is 0.781. The lowest BCUT2D eigenvalue weighted by atomic mass is 9.37. The molecule has 14 atom stereocenters. The van der Waals surface area contributed by atoms with Crippen molar-refractivity contribution in [3.8, 4) is 0 Å². The van der Waals surface area contributed by atoms with Crippen LogP contribution in [0.3, 0.4) is 0 Å². The second-order valence-corrected chi connectivity index (χ2v) is 14.9. The molecule has 1 aromatic rings. The number of carbonyl (C=O) groups is 3. The normalized spacial score (nSPS) is 49.9. The van der Waals surface area contributed by atoms with Crippen LogP contribution in [-0.4, -0.2) is 111 Å². The minimum atomic E-state index is -1.74. The van der Waals surface area contributed by atoms with Crippen LogP contribution >= 0.6 is 0 Å². The average molecular weight is 651 g/mol. The fourth-order valence-electron chi connectivity index (χ4n) is 10.5. The van der Waals surface area contributed by atoms with E-state index >= 15 is 0 Å². The Morgan fingerprint density at radius 3 is 2.41 bits per heavy atom. The number of furan rings is 1. The predicted molar refractivity (Wildman–Crippen MR) is 151 cm³/mol. The molecule has 2 aliphatic carbocycles. The van der Waals surface area contributed by atoms with Gasteiger partial charge in [0, 0.05) is 28.7 Å². The molecule has 2 saturated carbocycles. The fourth-order valence-corrected chi connectivity index (χ4v) is 10.5. The van der Waals surface area contributed by atoms with Crippen molar-refractivity contribution in [3.63, 3.8) is 0 Å². The number of carboxylic acids is 1. The molecule has 2 unspecified atom stereocenters. The molecule has 0 amide bonds. The number of hydrogen-bond acceptors (Lipinski definition) is 13. The topological polar surface area (TPSA) is 215 Å². The standard InChI is InChI=1S/C32H42O14/c1-28(2)17-9-18(34)30(4)16(31(17)13-42-20(35)10-19(31)45-28)5-7-29(3,32(30)25(46-32)26(39)40)24(14-6-8-41-12-14)44-27-23(38)22(37)21(36)15(11-33)43-27/h6,8,12,15-17,19,21-25,27,33,36-38H,5,7,9-11,13H2,1-4H3,(H,39,40)/t15-,16?,17?,19-,21-,22+,23-,24-,25+,27+,29-,30-,31+,32+/m0/s1. The molecule has 46 heavy (non-hydrogen) atoms. The van der Waals surface area contributed by atoms with Crippen LogP contribution in [0.2, 0.25) is 0 Å². The van der Waals surface area contributed by atoms with Crippen molar-refractivity contribution >= 4 is 17.7 Å². The minimum Gasteiger partial charge on any atom is -0.479 e. The number of hydrogen-bond donors (Lipinski definition) is 5. The molecule has 14 nitrogen and oxygen atoms in total. The lowest BCUT2D eigenvalue weighted by Crippen LogP contribution is -2.72. The van der Waals surface area contributed by atoms with Crippen molar-refractivity contribution in [2.24, 2.45) is 28.1 Å². The number of aliphatic hydroxyl groups excluding tert-OH is 4. The van der Waals surface area contributed by atoms with Crippen LogP contribution in [0.4, 0.5) is 0 Å². The maximum atomic E-state index is 14.7. The minimum absolute atomic E-state index is 0.0199. The number of ketones is 1. The van der Waals surface area contributed by atoms with Crippen molar-refractivity contribution in [3.05, 3.63) is 24.2 Å². The second-order valence-electron chi connectivity index (χ2n) is 14.9. The van der Waals surface area contributed by atoms with Crippen molar-refractivity contribution in [1.82, 2.24) is 0 Å². The summed E-state index contributed by atoms with van der Waals surface area (Å²) in [6.07, 6.45) is -7.39. The Morgan fingerprint density at radius 1 is 1.04 bits per heavy atom.